The van der Waals surface area contributed by atoms with Crippen LogP contribution in [0.4, 0.5) is 0 Å². The van der Waals surface area contributed by atoms with Gasteiger partial charge in [0.25, 0.3) is 0 Å². The van der Waals surface area contributed by atoms with Crippen molar-refractivity contribution in [3.05, 3.63) is 0 Å². The van der Waals surface area contributed by atoms with Crippen molar-refractivity contribution in [3.63, 3.8) is 0 Å². The van der Waals surface area contributed by atoms with E-state index >= 15 is 0 Å². The third kappa shape index (κ3) is 3.45. The fourth-order valence-corrected chi connectivity index (χ4v) is 3.05. The summed E-state index contributed by atoms with van der Waals surface area (Å²) < 4.78 is 5.63. The van der Waals surface area contributed by atoms with E-state index < -0.39 is 0 Å². The number of nitrogens with zero attached hydrogens (tertiary/aromatic N) is 1. The smallest absolute Gasteiger partial charge is 0.248 e. The zero-order valence-corrected chi connectivity index (χ0v) is 11.4. The second-order valence-electron chi connectivity index (χ2n) is 5.61. The third-order valence-corrected chi connectivity index (χ3v) is 4.33. The molecular formula is C14H26N2O2. The lowest BCUT2D eigenvalue weighted by atomic mass is 9.97. The number of carbonyl (C=O) groups is 1. The van der Waals surface area contributed by atoms with Crippen LogP contribution < -0.4 is 5.73 Å². The fourth-order valence-electron chi connectivity index (χ4n) is 3.05. The SMILES string of the molecule is CCN(C(=O)COCC1CCCC1CN)C1CC1. The van der Waals surface area contributed by atoms with Crippen LogP contribution in [0.15, 0.2) is 0 Å². The Kier molecular flexibility index (Phi) is 5.01. The van der Waals surface area contributed by atoms with E-state index in [1.54, 1.807) is 0 Å². The summed E-state index contributed by atoms with van der Waals surface area (Å²) in [6.07, 6.45) is 6.01. The summed E-state index contributed by atoms with van der Waals surface area (Å²) in [7, 11) is 0. The summed E-state index contributed by atoms with van der Waals surface area (Å²) in [6.45, 7) is 4.55. The monoisotopic (exact) mass is 254 g/mol. The maximum absolute atomic E-state index is 12.0. The van der Waals surface area contributed by atoms with Crippen LogP contribution in [0.2, 0.25) is 0 Å². The first kappa shape index (κ1) is 13.8. The molecule has 2 fully saturated rings. The molecule has 2 N–H and O–H groups in total. The quantitative estimate of drug-likeness (QED) is 0.747. The Hall–Kier alpha value is -0.610. The van der Waals surface area contributed by atoms with Crippen LogP contribution in [0.3, 0.4) is 0 Å². The van der Waals surface area contributed by atoms with Crippen LogP contribution in [0.25, 0.3) is 0 Å². The van der Waals surface area contributed by atoms with E-state index in [1.165, 1.54) is 19.3 Å². The molecule has 2 unspecified atom stereocenters. The molecule has 0 aliphatic heterocycles. The highest BCUT2D eigenvalue weighted by molar-refractivity contribution is 5.78. The van der Waals surface area contributed by atoms with E-state index in [1.807, 2.05) is 11.8 Å². The molecule has 0 bridgehead atoms. The molecule has 0 aromatic rings. The number of carbonyl (C=O) groups excluding carboxylic acids is 1. The molecule has 0 aromatic carbocycles. The van der Waals surface area contributed by atoms with Crippen molar-refractivity contribution >= 4 is 5.91 Å². The van der Waals surface area contributed by atoms with Gasteiger partial charge in [0.05, 0.1) is 6.61 Å². The van der Waals surface area contributed by atoms with Gasteiger partial charge in [-0.25, -0.2) is 0 Å². The van der Waals surface area contributed by atoms with Gasteiger partial charge in [-0.3, -0.25) is 4.79 Å². The molecule has 4 heteroatoms. The lowest BCUT2D eigenvalue weighted by Crippen LogP contribution is -2.36. The average Bonchev–Trinajstić information content (AvgIpc) is 3.09. The van der Waals surface area contributed by atoms with Crippen LogP contribution in [0.5, 0.6) is 0 Å². The van der Waals surface area contributed by atoms with Gasteiger partial charge in [-0.15, -0.1) is 0 Å². The summed E-state index contributed by atoms with van der Waals surface area (Å²) in [4.78, 5) is 13.9. The number of rotatable bonds is 7. The fraction of sp³-hybridized carbons (Fsp3) is 0.929. The van der Waals surface area contributed by atoms with E-state index in [9.17, 15) is 4.79 Å². The van der Waals surface area contributed by atoms with E-state index in [0.29, 0.717) is 24.5 Å². The standard InChI is InChI=1S/C14H26N2O2/c1-2-16(13-6-7-13)14(17)10-18-9-12-5-3-4-11(12)8-15/h11-13H,2-10,15H2,1H3. The molecule has 2 atom stereocenters. The molecule has 2 aliphatic carbocycles. The molecular weight excluding hydrogens is 228 g/mol. The van der Waals surface area contributed by atoms with Gasteiger partial charge in [0.1, 0.15) is 6.61 Å². The highest BCUT2D eigenvalue weighted by Crippen LogP contribution is 2.31. The van der Waals surface area contributed by atoms with E-state index in [-0.39, 0.29) is 12.5 Å². The molecule has 0 radical (unpaired) electrons. The maximum atomic E-state index is 12.0. The largest absolute Gasteiger partial charge is 0.371 e. The molecule has 2 rings (SSSR count). The van der Waals surface area contributed by atoms with Gasteiger partial charge < -0.3 is 15.4 Å². The molecule has 0 saturated heterocycles. The Morgan fingerprint density at radius 2 is 2.00 bits per heavy atom. The van der Waals surface area contributed by atoms with Crippen molar-refractivity contribution in [3.8, 4) is 0 Å². The third-order valence-electron chi connectivity index (χ3n) is 4.33. The second kappa shape index (κ2) is 6.53. The molecule has 0 aromatic heterocycles. The predicted molar refractivity (Wildman–Crippen MR) is 71.1 cm³/mol. The Morgan fingerprint density at radius 1 is 1.28 bits per heavy atom. The van der Waals surface area contributed by atoms with E-state index in [4.69, 9.17) is 10.5 Å². The summed E-state index contributed by atoms with van der Waals surface area (Å²) in [6, 6.07) is 0.495. The first-order valence-corrected chi connectivity index (χ1v) is 7.33. The Bertz CT molecular complexity index is 279. The number of amides is 1. The Labute approximate surface area is 110 Å². The minimum Gasteiger partial charge on any atom is -0.371 e. The van der Waals surface area contributed by atoms with Crippen LogP contribution in [0.1, 0.15) is 39.0 Å². The molecule has 2 saturated carbocycles. The lowest BCUT2D eigenvalue weighted by molar-refractivity contribution is -0.137. The van der Waals surface area contributed by atoms with Gasteiger partial charge in [0, 0.05) is 12.6 Å². The zero-order valence-electron chi connectivity index (χ0n) is 11.4. The Balaban J connectivity index is 1.66. The number of hydrogen-bond donors (Lipinski definition) is 1. The van der Waals surface area contributed by atoms with Crippen molar-refractivity contribution in [1.82, 2.24) is 4.90 Å². The molecule has 0 heterocycles. The van der Waals surface area contributed by atoms with Crippen molar-refractivity contribution in [2.75, 3.05) is 26.3 Å². The van der Waals surface area contributed by atoms with Crippen molar-refractivity contribution in [1.29, 1.82) is 0 Å². The highest BCUT2D eigenvalue weighted by Gasteiger charge is 2.31. The summed E-state index contributed by atoms with van der Waals surface area (Å²) in [5, 5.41) is 0. The minimum atomic E-state index is 0.155. The molecule has 1 amide bonds. The van der Waals surface area contributed by atoms with Crippen LogP contribution in [-0.2, 0) is 9.53 Å². The summed E-state index contributed by atoms with van der Waals surface area (Å²) >= 11 is 0. The van der Waals surface area contributed by atoms with Crippen LogP contribution in [-0.4, -0.2) is 43.2 Å². The van der Waals surface area contributed by atoms with Gasteiger partial charge in [-0.05, 0) is 51.0 Å². The first-order valence-electron chi connectivity index (χ1n) is 7.33. The predicted octanol–water partition coefficient (Wildman–Crippen LogP) is 1.39. The summed E-state index contributed by atoms with van der Waals surface area (Å²) in [5.74, 6) is 1.33. The normalized spacial score (nSPS) is 27.4. The minimum absolute atomic E-state index is 0.155. The van der Waals surface area contributed by atoms with Crippen molar-refractivity contribution < 1.29 is 9.53 Å². The number of nitrogens with two attached hydrogens (primary N) is 1. The molecule has 2 aliphatic rings. The van der Waals surface area contributed by atoms with Gasteiger partial charge in [-0.1, -0.05) is 6.42 Å². The molecule has 18 heavy (non-hydrogen) atoms. The van der Waals surface area contributed by atoms with Crippen molar-refractivity contribution in [2.24, 2.45) is 17.6 Å². The van der Waals surface area contributed by atoms with Crippen LogP contribution >= 0.6 is 0 Å². The number of likely N-dealkylation sites (N-methyl/N-ethyl adjacent to an activating group) is 1. The van der Waals surface area contributed by atoms with Crippen LogP contribution in [0, 0.1) is 11.8 Å². The van der Waals surface area contributed by atoms with E-state index in [0.717, 1.165) is 25.9 Å². The highest BCUT2D eigenvalue weighted by atomic mass is 16.5. The zero-order chi connectivity index (χ0) is 13.0. The second-order valence-corrected chi connectivity index (χ2v) is 5.61. The molecule has 104 valence electrons. The Morgan fingerprint density at radius 3 is 2.61 bits per heavy atom. The van der Waals surface area contributed by atoms with Crippen molar-refractivity contribution in [2.45, 2.75) is 45.1 Å². The lowest BCUT2D eigenvalue weighted by Gasteiger charge is -2.22. The van der Waals surface area contributed by atoms with Gasteiger partial charge in [-0.2, -0.15) is 0 Å². The maximum Gasteiger partial charge on any atom is 0.248 e. The van der Waals surface area contributed by atoms with E-state index in [2.05, 4.69) is 0 Å². The number of hydrogen-bond acceptors (Lipinski definition) is 3. The van der Waals surface area contributed by atoms with Gasteiger partial charge >= 0.3 is 0 Å². The number of ether oxygens (including phenoxy) is 1. The van der Waals surface area contributed by atoms with Gasteiger partial charge in [0.2, 0.25) is 5.91 Å². The average molecular weight is 254 g/mol. The summed E-state index contributed by atoms with van der Waals surface area (Å²) in [5.41, 5.74) is 5.74. The molecule has 0 spiro atoms. The molecule has 4 nitrogen and oxygen atoms in total. The van der Waals surface area contributed by atoms with Gasteiger partial charge in [0.15, 0.2) is 0 Å². The topological polar surface area (TPSA) is 55.6 Å². The first-order chi connectivity index (χ1) is 8.76.